The van der Waals surface area contributed by atoms with Gasteiger partial charge in [-0.15, -0.1) is 0 Å². The van der Waals surface area contributed by atoms with Crippen molar-refractivity contribution in [3.63, 3.8) is 0 Å². The van der Waals surface area contributed by atoms with E-state index in [1.807, 2.05) is 6.20 Å². The highest BCUT2D eigenvalue weighted by Gasteiger charge is 2.26. The van der Waals surface area contributed by atoms with Gasteiger partial charge in [0.2, 0.25) is 0 Å². The molecule has 128 valence electrons. The number of rotatable bonds is 5. The number of hydrogen-bond acceptors (Lipinski definition) is 3. The Bertz CT molecular complexity index is 631. The Balaban J connectivity index is 1.55. The van der Waals surface area contributed by atoms with Crippen molar-refractivity contribution in [2.24, 2.45) is 5.92 Å². The van der Waals surface area contributed by atoms with Gasteiger partial charge >= 0.3 is 0 Å². The van der Waals surface area contributed by atoms with E-state index >= 15 is 0 Å². The number of hydrogen-bond donors (Lipinski definition) is 2. The first-order valence-corrected chi connectivity index (χ1v) is 9.42. The number of aromatic amines is 1. The molecule has 2 N–H and O–H groups in total. The maximum absolute atomic E-state index is 4.20. The molecule has 0 bridgehead atoms. The molecule has 4 nitrogen and oxygen atoms in total. The van der Waals surface area contributed by atoms with E-state index < -0.39 is 0 Å². The number of anilines is 1. The van der Waals surface area contributed by atoms with Crippen LogP contribution in [-0.2, 0) is 13.1 Å². The number of aromatic nitrogens is 2. The Morgan fingerprint density at radius 3 is 2.83 bits per heavy atom. The second kappa shape index (κ2) is 7.39. The van der Waals surface area contributed by atoms with Gasteiger partial charge in [0.05, 0.1) is 18.6 Å². The number of benzene rings is 1. The third-order valence-electron chi connectivity index (χ3n) is 5.72. The number of nitrogens with zero attached hydrogens (tertiary/aromatic N) is 2. The molecule has 0 amide bonds. The summed E-state index contributed by atoms with van der Waals surface area (Å²) < 4.78 is 0. The van der Waals surface area contributed by atoms with E-state index in [1.165, 1.54) is 55.5 Å². The minimum Gasteiger partial charge on any atom is -0.361 e. The van der Waals surface area contributed by atoms with Crippen LogP contribution in [0.25, 0.3) is 0 Å². The summed E-state index contributed by atoms with van der Waals surface area (Å²) in [5.74, 6) is 0.956. The lowest BCUT2D eigenvalue weighted by atomic mass is 9.97. The van der Waals surface area contributed by atoms with Crippen molar-refractivity contribution in [2.45, 2.75) is 57.7 Å². The normalized spacial score (nSPS) is 21.7. The highest BCUT2D eigenvalue weighted by Crippen LogP contribution is 2.32. The summed E-state index contributed by atoms with van der Waals surface area (Å²) >= 11 is 0. The van der Waals surface area contributed by atoms with Crippen molar-refractivity contribution in [1.29, 1.82) is 0 Å². The first kappa shape index (κ1) is 15.7. The van der Waals surface area contributed by atoms with Crippen LogP contribution in [0.2, 0.25) is 0 Å². The fraction of sp³-hybridized carbons (Fsp3) is 0.550. The lowest BCUT2D eigenvalue weighted by molar-refractivity contribution is 0.423. The van der Waals surface area contributed by atoms with Gasteiger partial charge in [0.25, 0.3) is 0 Å². The molecule has 1 fully saturated rings. The van der Waals surface area contributed by atoms with E-state index in [0.717, 1.165) is 25.6 Å². The van der Waals surface area contributed by atoms with Crippen molar-refractivity contribution >= 4 is 5.69 Å². The second-order valence-electron chi connectivity index (χ2n) is 7.35. The largest absolute Gasteiger partial charge is 0.361 e. The first-order chi connectivity index (χ1) is 11.9. The number of imidazole rings is 1. The van der Waals surface area contributed by atoms with Gasteiger partial charge in [-0.05, 0) is 30.4 Å². The molecule has 1 aliphatic carbocycles. The predicted molar refractivity (Wildman–Crippen MR) is 97.9 cm³/mol. The van der Waals surface area contributed by atoms with Crippen LogP contribution in [-0.4, -0.2) is 22.6 Å². The molecular formula is C20H28N4. The fourth-order valence-electron chi connectivity index (χ4n) is 4.37. The third-order valence-corrected chi connectivity index (χ3v) is 5.72. The van der Waals surface area contributed by atoms with Crippen LogP contribution >= 0.6 is 0 Å². The van der Waals surface area contributed by atoms with Gasteiger partial charge in [-0.3, -0.25) is 0 Å². The monoisotopic (exact) mass is 324 g/mol. The fourth-order valence-corrected chi connectivity index (χ4v) is 4.37. The molecule has 1 unspecified atom stereocenters. The first-order valence-electron chi connectivity index (χ1n) is 9.42. The highest BCUT2D eigenvalue weighted by atomic mass is 15.2. The van der Waals surface area contributed by atoms with Gasteiger partial charge in [0.1, 0.15) is 0 Å². The van der Waals surface area contributed by atoms with Gasteiger partial charge in [-0.2, -0.15) is 0 Å². The Morgan fingerprint density at radius 1 is 1.12 bits per heavy atom. The molecule has 0 saturated heterocycles. The SMILES string of the molecule is c1ccc2c(c1)CNCC(CCC1CCCC1)N2Cc1cnc[nH]1. The molecule has 24 heavy (non-hydrogen) atoms. The van der Waals surface area contributed by atoms with Crippen molar-refractivity contribution < 1.29 is 0 Å². The number of fused-ring (bicyclic) bond motifs is 1. The second-order valence-corrected chi connectivity index (χ2v) is 7.35. The quantitative estimate of drug-likeness (QED) is 0.878. The number of nitrogens with one attached hydrogen (secondary N) is 2. The van der Waals surface area contributed by atoms with Gasteiger partial charge in [0.15, 0.2) is 0 Å². The zero-order valence-electron chi connectivity index (χ0n) is 14.4. The lowest BCUT2D eigenvalue weighted by Crippen LogP contribution is -2.40. The van der Waals surface area contributed by atoms with Crippen LogP contribution in [0.3, 0.4) is 0 Å². The van der Waals surface area contributed by atoms with E-state index in [4.69, 9.17) is 0 Å². The highest BCUT2D eigenvalue weighted by molar-refractivity contribution is 5.55. The summed E-state index contributed by atoms with van der Waals surface area (Å²) in [6, 6.07) is 9.40. The average molecular weight is 324 g/mol. The van der Waals surface area contributed by atoms with E-state index in [-0.39, 0.29) is 0 Å². The van der Waals surface area contributed by atoms with E-state index in [1.54, 1.807) is 6.33 Å². The summed E-state index contributed by atoms with van der Waals surface area (Å²) in [5, 5.41) is 3.67. The topological polar surface area (TPSA) is 44.0 Å². The van der Waals surface area contributed by atoms with Crippen molar-refractivity contribution in [2.75, 3.05) is 11.4 Å². The van der Waals surface area contributed by atoms with Crippen LogP contribution in [0, 0.1) is 5.92 Å². The molecule has 1 aliphatic heterocycles. The van der Waals surface area contributed by atoms with Gasteiger partial charge in [-0.25, -0.2) is 4.98 Å². The van der Waals surface area contributed by atoms with Gasteiger partial charge in [-0.1, -0.05) is 43.9 Å². The molecule has 1 saturated carbocycles. The van der Waals surface area contributed by atoms with Crippen LogP contribution in [0.1, 0.15) is 49.8 Å². The molecule has 4 heteroatoms. The van der Waals surface area contributed by atoms with E-state index in [9.17, 15) is 0 Å². The Kier molecular flexibility index (Phi) is 4.83. The van der Waals surface area contributed by atoms with Crippen LogP contribution in [0.4, 0.5) is 5.69 Å². The number of para-hydroxylation sites is 1. The Morgan fingerprint density at radius 2 is 2.00 bits per heavy atom. The molecule has 1 aromatic carbocycles. The molecule has 0 spiro atoms. The number of H-pyrrole nitrogens is 1. The predicted octanol–water partition coefficient (Wildman–Crippen LogP) is 3.86. The molecule has 2 heterocycles. The Hall–Kier alpha value is -1.81. The maximum Gasteiger partial charge on any atom is 0.0922 e. The van der Waals surface area contributed by atoms with Crippen molar-refractivity contribution in [3.8, 4) is 0 Å². The standard InChI is InChI=1S/C20H28N4/c1-2-6-16(5-1)9-10-19-13-21-11-17-7-3-4-8-20(17)24(19)14-18-12-22-15-23-18/h3-4,7-8,12,15-16,19,21H,1-2,5-6,9-11,13-14H2,(H,22,23). The molecule has 1 aromatic heterocycles. The molecule has 2 aromatic rings. The zero-order chi connectivity index (χ0) is 16.2. The Labute approximate surface area is 144 Å². The van der Waals surface area contributed by atoms with Crippen molar-refractivity contribution in [1.82, 2.24) is 15.3 Å². The van der Waals surface area contributed by atoms with Gasteiger partial charge in [0, 0.05) is 31.0 Å². The van der Waals surface area contributed by atoms with E-state index in [0.29, 0.717) is 6.04 Å². The molecule has 1 atom stereocenters. The molecule has 2 aliphatic rings. The third kappa shape index (κ3) is 3.48. The van der Waals surface area contributed by atoms with Gasteiger partial charge < -0.3 is 15.2 Å². The summed E-state index contributed by atoms with van der Waals surface area (Å²) in [6.07, 6.45) is 12.1. The minimum absolute atomic E-state index is 0.553. The summed E-state index contributed by atoms with van der Waals surface area (Å²) in [6.45, 7) is 2.94. The molecular weight excluding hydrogens is 296 g/mol. The summed E-state index contributed by atoms with van der Waals surface area (Å²) in [7, 11) is 0. The summed E-state index contributed by atoms with van der Waals surface area (Å²) in [5.41, 5.74) is 3.98. The minimum atomic E-state index is 0.553. The van der Waals surface area contributed by atoms with Crippen LogP contribution in [0.15, 0.2) is 36.8 Å². The van der Waals surface area contributed by atoms with E-state index in [2.05, 4.69) is 44.5 Å². The van der Waals surface area contributed by atoms with Crippen LogP contribution < -0.4 is 10.2 Å². The zero-order valence-corrected chi connectivity index (χ0v) is 14.4. The van der Waals surface area contributed by atoms with Crippen molar-refractivity contribution in [3.05, 3.63) is 48.0 Å². The maximum atomic E-state index is 4.20. The lowest BCUT2D eigenvalue weighted by Gasteiger charge is -2.33. The smallest absolute Gasteiger partial charge is 0.0922 e. The van der Waals surface area contributed by atoms with Crippen LogP contribution in [0.5, 0.6) is 0 Å². The average Bonchev–Trinajstić information content (AvgIpc) is 3.27. The molecule has 4 rings (SSSR count). The molecule has 0 radical (unpaired) electrons. The summed E-state index contributed by atoms with van der Waals surface area (Å²) in [4.78, 5) is 10.1.